The second-order valence-corrected chi connectivity index (χ2v) is 9.77. The standard InChI is InChI=1S/C25H29N3O3S/c1-2-28(22-9-5-3-6-10-22)32(29,30)24-13-14-25(26-19-24)27-17-15-21(16-18-27)20-31-23-11-7-4-8-12-23/h3-14,19,21H,2,15-18,20H2,1H3. The van der Waals surface area contributed by atoms with E-state index >= 15 is 0 Å². The number of hydrogen-bond acceptors (Lipinski definition) is 5. The summed E-state index contributed by atoms with van der Waals surface area (Å²) in [6.07, 6.45) is 3.51. The zero-order valence-electron chi connectivity index (χ0n) is 18.3. The minimum absolute atomic E-state index is 0.207. The quantitative estimate of drug-likeness (QED) is 0.501. The third-order valence-corrected chi connectivity index (χ3v) is 7.69. The minimum atomic E-state index is -3.66. The average Bonchev–Trinajstić information content (AvgIpc) is 2.85. The number of pyridine rings is 1. The number of sulfonamides is 1. The van der Waals surface area contributed by atoms with E-state index in [2.05, 4.69) is 9.88 Å². The Morgan fingerprint density at radius 1 is 0.969 bits per heavy atom. The minimum Gasteiger partial charge on any atom is -0.493 e. The molecular weight excluding hydrogens is 422 g/mol. The number of nitrogens with zero attached hydrogens (tertiary/aromatic N) is 3. The van der Waals surface area contributed by atoms with Crippen LogP contribution in [0.3, 0.4) is 0 Å². The summed E-state index contributed by atoms with van der Waals surface area (Å²) in [6, 6.07) is 22.5. The molecule has 2 heterocycles. The van der Waals surface area contributed by atoms with Crippen LogP contribution < -0.4 is 13.9 Å². The lowest BCUT2D eigenvalue weighted by molar-refractivity contribution is 0.222. The van der Waals surface area contributed by atoms with Crippen molar-refractivity contribution in [2.45, 2.75) is 24.7 Å². The normalized spacial score (nSPS) is 14.8. The van der Waals surface area contributed by atoms with Gasteiger partial charge in [0.1, 0.15) is 16.5 Å². The first-order valence-corrected chi connectivity index (χ1v) is 12.5. The zero-order valence-corrected chi connectivity index (χ0v) is 19.1. The van der Waals surface area contributed by atoms with E-state index in [9.17, 15) is 8.42 Å². The number of para-hydroxylation sites is 2. The van der Waals surface area contributed by atoms with E-state index in [1.54, 1.807) is 18.2 Å². The summed E-state index contributed by atoms with van der Waals surface area (Å²) in [7, 11) is -3.66. The van der Waals surface area contributed by atoms with Gasteiger partial charge in [-0.2, -0.15) is 0 Å². The van der Waals surface area contributed by atoms with Gasteiger partial charge < -0.3 is 9.64 Å². The van der Waals surface area contributed by atoms with Gasteiger partial charge >= 0.3 is 0 Å². The molecule has 0 radical (unpaired) electrons. The van der Waals surface area contributed by atoms with Gasteiger partial charge in [0.25, 0.3) is 10.0 Å². The van der Waals surface area contributed by atoms with Gasteiger partial charge in [-0.1, -0.05) is 36.4 Å². The molecular formula is C25H29N3O3S. The highest BCUT2D eigenvalue weighted by Gasteiger charge is 2.25. The Balaban J connectivity index is 1.36. The largest absolute Gasteiger partial charge is 0.493 e. The van der Waals surface area contributed by atoms with Crippen molar-refractivity contribution in [1.29, 1.82) is 0 Å². The van der Waals surface area contributed by atoms with E-state index in [1.807, 2.05) is 61.5 Å². The van der Waals surface area contributed by atoms with Crippen LogP contribution >= 0.6 is 0 Å². The first-order chi connectivity index (χ1) is 15.6. The molecule has 0 N–H and O–H groups in total. The number of anilines is 2. The summed E-state index contributed by atoms with van der Waals surface area (Å²) in [5.41, 5.74) is 0.652. The first kappa shape index (κ1) is 22.1. The lowest BCUT2D eigenvalue weighted by Gasteiger charge is -2.32. The van der Waals surface area contributed by atoms with Gasteiger partial charge in [-0.15, -0.1) is 0 Å². The monoisotopic (exact) mass is 451 g/mol. The summed E-state index contributed by atoms with van der Waals surface area (Å²) in [6.45, 7) is 4.67. The second-order valence-electron chi connectivity index (χ2n) is 7.91. The van der Waals surface area contributed by atoms with Crippen LogP contribution in [0.25, 0.3) is 0 Å². The molecule has 32 heavy (non-hydrogen) atoms. The fraction of sp³-hybridized carbons (Fsp3) is 0.320. The smallest absolute Gasteiger partial charge is 0.265 e. The third-order valence-electron chi connectivity index (χ3n) is 5.81. The van der Waals surface area contributed by atoms with Gasteiger partial charge in [-0.25, -0.2) is 13.4 Å². The van der Waals surface area contributed by atoms with E-state index in [0.29, 0.717) is 18.2 Å². The Labute approximate surface area is 190 Å². The van der Waals surface area contributed by atoms with Gasteiger partial charge in [0.2, 0.25) is 0 Å². The van der Waals surface area contributed by atoms with Crippen molar-refractivity contribution in [3.05, 3.63) is 79.0 Å². The molecule has 1 saturated heterocycles. The van der Waals surface area contributed by atoms with Gasteiger partial charge in [-0.3, -0.25) is 4.31 Å². The highest BCUT2D eigenvalue weighted by Crippen LogP contribution is 2.26. The molecule has 0 spiro atoms. The molecule has 0 aliphatic carbocycles. The number of aromatic nitrogens is 1. The lowest BCUT2D eigenvalue weighted by Crippen LogP contribution is -2.36. The Morgan fingerprint density at radius 3 is 2.22 bits per heavy atom. The van der Waals surface area contributed by atoms with Crippen molar-refractivity contribution in [2.24, 2.45) is 5.92 Å². The van der Waals surface area contributed by atoms with Crippen LogP contribution in [0.15, 0.2) is 83.9 Å². The third kappa shape index (κ3) is 5.05. The van der Waals surface area contributed by atoms with E-state index < -0.39 is 10.0 Å². The van der Waals surface area contributed by atoms with E-state index in [-0.39, 0.29) is 4.90 Å². The Morgan fingerprint density at radius 2 is 1.62 bits per heavy atom. The van der Waals surface area contributed by atoms with E-state index in [1.165, 1.54) is 10.5 Å². The van der Waals surface area contributed by atoms with Gasteiger partial charge in [0.05, 0.1) is 12.3 Å². The van der Waals surface area contributed by atoms with E-state index in [0.717, 1.165) is 44.1 Å². The molecule has 168 valence electrons. The van der Waals surface area contributed by atoms with Crippen molar-refractivity contribution >= 4 is 21.5 Å². The van der Waals surface area contributed by atoms with Crippen LogP contribution in [0.5, 0.6) is 5.75 Å². The van der Waals surface area contributed by atoms with Crippen LogP contribution in [0, 0.1) is 5.92 Å². The molecule has 7 heteroatoms. The topological polar surface area (TPSA) is 62.7 Å². The Kier molecular flexibility index (Phi) is 6.95. The molecule has 0 saturated carbocycles. The second kappa shape index (κ2) is 10.0. The number of hydrogen-bond donors (Lipinski definition) is 0. The SMILES string of the molecule is CCN(c1ccccc1)S(=O)(=O)c1ccc(N2CCC(COc3ccccc3)CC2)nc1. The van der Waals surface area contributed by atoms with Crippen LogP contribution in [0.2, 0.25) is 0 Å². The van der Waals surface area contributed by atoms with Crippen LogP contribution in [-0.4, -0.2) is 39.6 Å². The van der Waals surface area contributed by atoms with Crippen molar-refractivity contribution in [3.8, 4) is 5.75 Å². The molecule has 1 aromatic heterocycles. The lowest BCUT2D eigenvalue weighted by atomic mass is 9.98. The maximum atomic E-state index is 13.1. The average molecular weight is 452 g/mol. The van der Waals surface area contributed by atoms with Gasteiger partial charge in [0, 0.05) is 25.8 Å². The molecule has 4 rings (SSSR count). The van der Waals surface area contributed by atoms with Crippen molar-refractivity contribution in [1.82, 2.24) is 4.98 Å². The van der Waals surface area contributed by atoms with Crippen molar-refractivity contribution in [3.63, 3.8) is 0 Å². The highest BCUT2D eigenvalue weighted by molar-refractivity contribution is 7.92. The molecule has 0 unspecified atom stereocenters. The van der Waals surface area contributed by atoms with Crippen LogP contribution in [0.1, 0.15) is 19.8 Å². The number of ether oxygens (including phenoxy) is 1. The maximum Gasteiger partial charge on any atom is 0.265 e. The van der Waals surface area contributed by atoms with Gasteiger partial charge in [-0.05, 0) is 62.1 Å². The fourth-order valence-electron chi connectivity index (χ4n) is 3.98. The molecule has 6 nitrogen and oxygen atoms in total. The number of piperidine rings is 1. The number of rotatable bonds is 8. The molecule has 2 aromatic carbocycles. The van der Waals surface area contributed by atoms with Crippen LogP contribution in [-0.2, 0) is 10.0 Å². The molecule has 0 amide bonds. The zero-order chi connectivity index (χ0) is 22.4. The van der Waals surface area contributed by atoms with Crippen LogP contribution in [0.4, 0.5) is 11.5 Å². The Bertz CT molecular complexity index is 1080. The Hall–Kier alpha value is -3.06. The summed E-state index contributed by atoms with van der Waals surface area (Å²) >= 11 is 0. The van der Waals surface area contributed by atoms with Crippen molar-refractivity contribution < 1.29 is 13.2 Å². The summed E-state index contributed by atoms with van der Waals surface area (Å²) in [5.74, 6) is 2.23. The molecule has 3 aromatic rings. The van der Waals surface area contributed by atoms with Crippen molar-refractivity contribution in [2.75, 3.05) is 35.4 Å². The highest BCUT2D eigenvalue weighted by atomic mass is 32.2. The fourth-order valence-corrected chi connectivity index (χ4v) is 5.40. The predicted octanol–water partition coefficient (Wildman–Crippen LogP) is 4.59. The molecule has 0 bridgehead atoms. The summed E-state index contributed by atoms with van der Waals surface area (Å²) in [5, 5.41) is 0. The summed E-state index contributed by atoms with van der Waals surface area (Å²) < 4.78 is 33.6. The molecule has 1 aliphatic heterocycles. The molecule has 1 aliphatic rings. The van der Waals surface area contributed by atoms with E-state index in [4.69, 9.17) is 4.74 Å². The molecule has 1 fully saturated rings. The first-order valence-electron chi connectivity index (χ1n) is 11.0. The summed E-state index contributed by atoms with van der Waals surface area (Å²) in [4.78, 5) is 6.91. The maximum absolute atomic E-state index is 13.1. The predicted molar refractivity (Wildman–Crippen MR) is 128 cm³/mol. The number of benzene rings is 2. The van der Waals surface area contributed by atoms with Gasteiger partial charge in [0.15, 0.2) is 0 Å². The molecule has 0 atom stereocenters.